The Morgan fingerprint density at radius 2 is 2.40 bits per heavy atom. The fourth-order valence-corrected chi connectivity index (χ4v) is 2.37. The first kappa shape index (κ1) is 15.3. The van der Waals surface area contributed by atoms with Gasteiger partial charge in [0.05, 0.1) is 12.7 Å². The summed E-state index contributed by atoms with van der Waals surface area (Å²) in [6.07, 6.45) is 0.531. The van der Waals surface area contributed by atoms with E-state index in [2.05, 4.69) is 10.2 Å². The van der Waals surface area contributed by atoms with Crippen LogP contribution in [0.3, 0.4) is 0 Å². The third kappa shape index (κ3) is 4.76. The van der Waals surface area contributed by atoms with Crippen molar-refractivity contribution in [2.45, 2.75) is 12.5 Å². The number of carbonyl (C=O) groups is 1. The molecule has 0 aliphatic carbocycles. The molecule has 5 nitrogen and oxygen atoms in total. The van der Waals surface area contributed by atoms with Crippen LogP contribution in [0, 0.1) is 0 Å². The lowest BCUT2D eigenvalue weighted by Crippen LogP contribution is -2.46. The number of nitrogens with one attached hydrogen (secondary N) is 1. The van der Waals surface area contributed by atoms with Crippen LogP contribution in [0.5, 0.6) is 0 Å². The average Bonchev–Trinajstić information content (AvgIpc) is 2.45. The van der Waals surface area contributed by atoms with Gasteiger partial charge in [-0.15, -0.1) is 0 Å². The monoisotopic (exact) mass is 297 g/mol. The largest absolute Gasteiger partial charge is 0.374 e. The molecule has 20 heavy (non-hydrogen) atoms. The Bertz CT molecular complexity index is 456. The van der Waals surface area contributed by atoms with Crippen LogP contribution in [0.2, 0.25) is 5.02 Å². The number of nitrogens with zero attached hydrogens (tertiary/aromatic N) is 1. The van der Waals surface area contributed by atoms with Crippen LogP contribution in [0.15, 0.2) is 24.3 Å². The van der Waals surface area contributed by atoms with Gasteiger partial charge >= 0.3 is 0 Å². The van der Waals surface area contributed by atoms with Crippen molar-refractivity contribution in [1.82, 2.24) is 4.90 Å². The van der Waals surface area contributed by atoms with Gasteiger partial charge < -0.3 is 15.8 Å². The molecule has 1 heterocycles. The number of anilines is 1. The van der Waals surface area contributed by atoms with Gasteiger partial charge in [-0.3, -0.25) is 9.69 Å². The van der Waals surface area contributed by atoms with Crippen LogP contribution < -0.4 is 11.1 Å². The fourth-order valence-electron chi connectivity index (χ4n) is 2.18. The quantitative estimate of drug-likeness (QED) is 0.860. The van der Waals surface area contributed by atoms with Crippen molar-refractivity contribution in [1.29, 1.82) is 0 Å². The Labute approximate surface area is 124 Å². The Hall–Kier alpha value is -1.14. The van der Waals surface area contributed by atoms with E-state index in [1.54, 1.807) is 12.1 Å². The molecule has 2 rings (SSSR count). The van der Waals surface area contributed by atoms with E-state index in [4.69, 9.17) is 22.1 Å². The van der Waals surface area contributed by atoms with E-state index in [9.17, 15) is 4.79 Å². The van der Waals surface area contributed by atoms with Gasteiger partial charge in [0.1, 0.15) is 0 Å². The summed E-state index contributed by atoms with van der Waals surface area (Å²) < 4.78 is 5.49. The van der Waals surface area contributed by atoms with Crippen LogP contribution in [0.1, 0.15) is 6.42 Å². The molecule has 3 N–H and O–H groups in total. The summed E-state index contributed by atoms with van der Waals surface area (Å²) >= 11 is 5.87. The number of carbonyl (C=O) groups excluding carboxylic acids is 1. The lowest BCUT2D eigenvalue weighted by molar-refractivity contribution is -0.117. The van der Waals surface area contributed by atoms with Crippen LogP contribution in [-0.2, 0) is 9.53 Å². The zero-order valence-electron chi connectivity index (χ0n) is 11.3. The Morgan fingerprint density at radius 1 is 1.55 bits per heavy atom. The summed E-state index contributed by atoms with van der Waals surface area (Å²) in [6.45, 7) is 3.55. The molecule has 1 unspecified atom stereocenters. The minimum Gasteiger partial charge on any atom is -0.374 e. The van der Waals surface area contributed by atoms with Gasteiger partial charge in [-0.25, -0.2) is 0 Å². The maximum absolute atomic E-state index is 11.9. The van der Waals surface area contributed by atoms with Crippen LogP contribution >= 0.6 is 11.6 Å². The highest BCUT2D eigenvalue weighted by molar-refractivity contribution is 6.30. The predicted octanol–water partition coefficient (Wildman–Crippen LogP) is 1.33. The van der Waals surface area contributed by atoms with E-state index in [1.165, 1.54) is 0 Å². The number of morpholine rings is 1. The number of rotatable bonds is 5. The first-order chi connectivity index (χ1) is 9.67. The van der Waals surface area contributed by atoms with E-state index in [0.29, 0.717) is 31.1 Å². The smallest absolute Gasteiger partial charge is 0.225 e. The van der Waals surface area contributed by atoms with Crippen LogP contribution in [0.4, 0.5) is 5.69 Å². The Kier molecular flexibility index (Phi) is 5.79. The number of amides is 1. The number of nitrogens with two attached hydrogens (primary N) is 1. The molecule has 110 valence electrons. The molecular formula is C14H20ClN3O2. The Balaban J connectivity index is 1.75. The molecule has 1 fully saturated rings. The van der Waals surface area contributed by atoms with E-state index < -0.39 is 0 Å². The number of benzene rings is 1. The highest BCUT2D eigenvalue weighted by Gasteiger charge is 2.19. The van der Waals surface area contributed by atoms with Crippen molar-refractivity contribution in [2.75, 3.05) is 38.1 Å². The van der Waals surface area contributed by atoms with Crippen molar-refractivity contribution < 1.29 is 9.53 Å². The first-order valence-corrected chi connectivity index (χ1v) is 7.14. The number of halogens is 1. The van der Waals surface area contributed by atoms with Crippen LogP contribution in [0.25, 0.3) is 0 Å². The van der Waals surface area contributed by atoms with E-state index in [-0.39, 0.29) is 12.0 Å². The van der Waals surface area contributed by atoms with Gasteiger partial charge in [0.25, 0.3) is 0 Å². The molecule has 1 amide bonds. The third-order valence-electron chi connectivity index (χ3n) is 3.25. The van der Waals surface area contributed by atoms with Crippen molar-refractivity contribution in [3.05, 3.63) is 29.3 Å². The maximum atomic E-state index is 11.9. The molecular weight excluding hydrogens is 278 g/mol. The summed E-state index contributed by atoms with van der Waals surface area (Å²) in [5.41, 5.74) is 6.32. The minimum atomic E-state index is -0.0111. The molecule has 0 bridgehead atoms. The molecule has 6 heteroatoms. The van der Waals surface area contributed by atoms with Crippen LogP contribution in [-0.4, -0.2) is 49.7 Å². The lowest BCUT2D eigenvalue weighted by Gasteiger charge is -2.32. The molecule has 1 aromatic rings. The van der Waals surface area contributed by atoms with Gasteiger partial charge in [-0.05, 0) is 18.2 Å². The van der Waals surface area contributed by atoms with Crippen molar-refractivity contribution in [3.63, 3.8) is 0 Å². The summed E-state index contributed by atoms with van der Waals surface area (Å²) in [5.74, 6) is -0.0111. The molecule has 1 aliphatic heterocycles. The summed E-state index contributed by atoms with van der Waals surface area (Å²) in [7, 11) is 0. The topological polar surface area (TPSA) is 67.6 Å². The highest BCUT2D eigenvalue weighted by atomic mass is 35.5. The molecule has 0 saturated carbocycles. The summed E-state index contributed by atoms with van der Waals surface area (Å²) in [6, 6.07) is 7.14. The molecule has 0 spiro atoms. The van der Waals surface area contributed by atoms with Gasteiger partial charge in [0.15, 0.2) is 0 Å². The second kappa shape index (κ2) is 7.59. The average molecular weight is 298 g/mol. The number of ether oxygens (including phenoxy) is 1. The molecule has 1 saturated heterocycles. The van der Waals surface area contributed by atoms with Gasteiger partial charge in [-0.1, -0.05) is 17.7 Å². The molecule has 1 atom stereocenters. The molecule has 1 aromatic carbocycles. The van der Waals surface area contributed by atoms with Gasteiger partial charge in [-0.2, -0.15) is 0 Å². The van der Waals surface area contributed by atoms with Gasteiger partial charge in [0.2, 0.25) is 5.91 Å². The summed E-state index contributed by atoms with van der Waals surface area (Å²) in [5, 5.41) is 3.45. The Morgan fingerprint density at radius 3 is 3.15 bits per heavy atom. The van der Waals surface area contributed by atoms with Crippen molar-refractivity contribution in [3.8, 4) is 0 Å². The predicted molar refractivity (Wildman–Crippen MR) is 79.9 cm³/mol. The van der Waals surface area contributed by atoms with Crippen molar-refractivity contribution >= 4 is 23.2 Å². The third-order valence-corrected chi connectivity index (χ3v) is 3.48. The molecule has 0 aromatic heterocycles. The lowest BCUT2D eigenvalue weighted by atomic mass is 10.2. The first-order valence-electron chi connectivity index (χ1n) is 6.77. The van der Waals surface area contributed by atoms with E-state index in [0.717, 1.165) is 18.8 Å². The zero-order chi connectivity index (χ0) is 14.4. The second-order valence-corrected chi connectivity index (χ2v) is 5.27. The van der Waals surface area contributed by atoms with E-state index >= 15 is 0 Å². The van der Waals surface area contributed by atoms with E-state index in [1.807, 2.05) is 12.1 Å². The fraction of sp³-hybridized carbons (Fsp3) is 0.500. The molecule has 0 radical (unpaired) electrons. The normalized spacial score (nSPS) is 19.8. The number of hydrogen-bond donors (Lipinski definition) is 2. The SMILES string of the molecule is NCC1CN(CCC(=O)Nc2cccc(Cl)c2)CCO1. The second-order valence-electron chi connectivity index (χ2n) is 4.84. The number of hydrogen-bond acceptors (Lipinski definition) is 4. The van der Waals surface area contributed by atoms with Gasteiger partial charge in [0, 0.05) is 43.3 Å². The maximum Gasteiger partial charge on any atom is 0.225 e. The molecule has 1 aliphatic rings. The highest BCUT2D eigenvalue weighted by Crippen LogP contribution is 2.15. The zero-order valence-corrected chi connectivity index (χ0v) is 12.1. The van der Waals surface area contributed by atoms with Crippen molar-refractivity contribution in [2.24, 2.45) is 5.73 Å². The summed E-state index contributed by atoms with van der Waals surface area (Å²) in [4.78, 5) is 14.1. The minimum absolute atomic E-state index is 0.0111. The standard InChI is InChI=1S/C14H20ClN3O2/c15-11-2-1-3-12(8-11)17-14(19)4-5-18-6-7-20-13(9-16)10-18/h1-3,8,13H,4-7,9-10,16H2,(H,17,19).